The summed E-state index contributed by atoms with van der Waals surface area (Å²) in [6.07, 6.45) is 1.26. The molecule has 1 N–H and O–H groups in total. The van der Waals surface area contributed by atoms with E-state index in [1.54, 1.807) is 18.2 Å². The van der Waals surface area contributed by atoms with Crippen LogP contribution in [0.15, 0.2) is 40.9 Å². The summed E-state index contributed by atoms with van der Waals surface area (Å²) in [4.78, 5) is 27.7. The minimum Gasteiger partial charge on any atom is -0.483 e. The first kappa shape index (κ1) is 28.5. The largest absolute Gasteiger partial charge is 0.483 e. The van der Waals surface area contributed by atoms with Crippen molar-refractivity contribution in [3.05, 3.63) is 62.0 Å². The summed E-state index contributed by atoms with van der Waals surface area (Å²) >= 11 is 16.0. The van der Waals surface area contributed by atoms with Crippen molar-refractivity contribution in [3.8, 4) is 5.75 Å². The predicted octanol–water partition coefficient (Wildman–Crippen LogP) is 6.77. The van der Waals surface area contributed by atoms with Gasteiger partial charge in [0.2, 0.25) is 5.91 Å². The van der Waals surface area contributed by atoms with Crippen LogP contribution in [0, 0.1) is 0 Å². The molecule has 0 fully saturated rings. The van der Waals surface area contributed by atoms with Crippen LogP contribution < -0.4 is 10.1 Å². The topological polar surface area (TPSA) is 58.6 Å². The van der Waals surface area contributed by atoms with Crippen molar-refractivity contribution in [1.29, 1.82) is 0 Å². The van der Waals surface area contributed by atoms with Crippen molar-refractivity contribution in [2.24, 2.45) is 0 Å². The number of nitrogens with one attached hydrogen (secondary N) is 1. The molecule has 2 aromatic carbocycles. The van der Waals surface area contributed by atoms with Crippen LogP contribution >= 0.6 is 39.1 Å². The number of amides is 2. The Labute approximate surface area is 221 Å². The lowest BCUT2D eigenvalue weighted by Gasteiger charge is -2.31. The van der Waals surface area contributed by atoms with Gasteiger partial charge in [-0.1, -0.05) is 70.0 Å². The first-order chi connectivity index (χ1) is 16.0. The molecule has 0 heterocycles. The van der Waals surface area contributed by atoms with Crippen molar-refractivity contribution in [3.63, 3.8) is 0 Å². The van der Waals surface area contributed by atoms with Gasteiger partial charge in [0.1, 0.15) is 11.8 Å². The Bertz CT molecular complexity index is 1010. The average molecular weight is 572 g/mol. The highest BCUT2D eigenvalue weighted by molar-refractivity contribution is 9.10. The van der Waals surface area contributed by atoms with Crippen molar-refractivity contribution < 1.29 is 14.3 Å². The zero-order valence-electron chi connectivity index (χ0n) is 20.4. The van der Waals surface area contributed by atoms with E-state index in [2.05, 4.69) is 42.0 Å². The van der Waals surface area contributed by atoms with Crippen LogP contribution in [0.4, 0.5) is 0 Å². The third-order valence-corrected chi connectivity index (χ3v) is 6.65. The fraction of sp³-hybridized carbons (Fsp3) is 0.462. The van der Waals surface area contributed by atoms with Gasteiger partial charge in [0, 0.05) is 23.1 Å². The maximum Gasteiger partial charge on any atom is 0.261 e. The lowest BCUT2D eigenvalue weighted by molar-refractivity contribution is -0.143. The summed E-state index contributed by atoms with van der Waals surface area (Å²) in [6, 6.07) is 10.3. The highest BCUT2D eigenvalue weighted by atomic mass is 79.9. The van der Waals surface area contributed by atoms with E-state index in [0.29, 0.717) is 34.3 Å². The second-order valence-corrected chi connectivity index (χ2v) is 10.9. The zero-order valence-corrected chi connectivity index (χ0v) is 23.5. The van der Waals surface area contributed by atoms with E-state index in [1.807, 2.05) is 32.0 Å². The molecule has 0 saturated carbocycles. The predicted molar refractivity (Wildman–Crippen MR) is 143 cm³/mol. The highest BCUT2D eigenvalue weighted by Crippen LogP contribution is 2.31. The maximum atomic E-state index is 13.4. The van der Waals surface area contributed by atoms with Crippen LogP contribution in [0.3, 0.4) is 0 Å². The van der Waals surface area contributed by atoms with Crippen molar-refractivity contribution in [2.45, 2.75) is 65.5 Å². The third-order valence-electron chi connectivity index (χ3n) is 5.44. The van der Waals surface area contributed by atoms with E-state index in [0.717, 1.165) is 16.5 Å². The molecule has 0 radical (unpaired) electrons. The fourth-order valence-corrected chi connectivity index (χ4v) is 4.39. The smallest absolute Gasteiger partial charge is 0.261 e. The zero-order chi connectivity index (χ0) is 25.5. The Morgan fingerprint density at radius 3 is 2.38 bits per heavy atom. The van der Waals surface area contributed by atoms with Gasteiger partial charge < -0.3 is 15.0 Å². The van der Waals surface area contributed by atoms with Gasteiger partial charge in [0.15, 0.2) is 6.61 Å². The molecule has 0 spiro atoms. The SMILES string of the molecule is CCCNC(=O)[C@H](CC)N(Cc1ccc(Cl)cc1Cl)C(=O)COc1ccc(C(C)(C)C)cc1Br. The normalized spacial score (nSPS) is 12.2. The van der Waals surface area contributed by atoms with E-state index in [9.17, 15) is 9.59 Å². The molecule has 0 saturated heterocycles. The minimum absolute atomic E-state index is 0.00822. The second kappa shape index (κ2) is 12.8. The molecular weight excluding hydrogens is 539 g/mol. The van der Waals surface area contributed by atoms with Crippen molar-refractivity contribution in [1.82, 2.24) is 10.2 Å². The summed E-state index contributed by atoms with van der Waals surface area (Å²) in [7, 11) is 0. The lowest BCUT2D eigenvalue weighted by atomic mass is 9.87. The number of carbonyl (C=O) groups is 2. The van der Waals surface area contributed by atoms with Gasteiger partial charge in [0.25, 0.3) is 5.91 Å². The Balaban J connectivity index is 2.26. The highest BCUT2D eigenvalue weighted by Gasteiger charge is 2.29. The van der Waals surface area contributed by atoms with Gasteiger partial charge in [-0.2, -0.15) is 0 Å². The number of ether oxygens (including phenoxy) is 1. The molecule has 1 atom stereocenters. The monoisotopic (exact) mass is 570 g/mol. The molecule has 5 nitrogen and oxygen atoms in total. The van der Waals surface area contributed by atoms with Crippen LogP contribution in [0.5, 0.6) is 5.75 Å². The summed E-state index contributed by atoms with van der Waals surface area (Å²) in [5.41, 5.74) is 1.85. The number of halogens is 3. The first-order valence-corrected chi connectivity index (χ1v) is 13.0. The number of rotatable bonds is 10. The van der Waals surface area contributed by atoms with Crippen LogP contribution in [0.1, 0.15) is 58.6 Å². The molecule has 8 heteroatoms. The Hall–Kier alpha value is -1.76. The standard InChI is InChI=1S/C26H33BrCl2N2O3/c1-6-12-30-25(33)22(7-2)31(15-17-8-10-19(28)14-21(17)29)24(32)16-34-23-11-9-18(13-20(23)27)26(3,4)5/h8-11,13-14,22H,6-7,12,15-16H2,1-5H3,(H,30,33)/t22-/m0/s1. The van der Waals surface area contributed by atoms with Crippen LogP contribution in [0.2, 0.25) is 10.0 Å². The Kier molecular flexibility index (Phi) is 10.7. The average Bonchev–Trinajstić information content (AvgIpc) is 2.77. The fourth-order valence-electron chi connectivity index (χ4n) is 3.43. The molecule has 0 aliphatic heterocycles. The molecule has 0 aliphatic rings. The van der Waals surface area contributed by atoms with Gasteiger partial charge in [0.05, 0.1) is 4.47 Å². The number of hydrogen-bond donors (Lipinski definition) is 1. The quantitative estimate of drug-likeness (QED) is 0.342. The number of hydrogen-bond acceptors (Lipinski definition) is 3. The van der Waals surface area contributed by atoms with E-state index in [1.165, 1.54) is 4.90 Å². The molecule has 186 valence electrons. The molecule has 34 heavy (non-hydrogen) atoms. The molecule has 2 aromatic rings. The Morgan fingerprint density at radius 2 is 1.82 bits per heavy atom. The molecular formula is C26H33BrCl2N2O3. The molecule has 0 aliphatic carbocycles. The van der Waals surface area contributed by atoms with Gasteiger partial charge in [-0.05, 0) is 69.6 Å². The lowest BCUT2D eigenvalue weighted by Crippen LogP contribution is -2.50. The third kappa shape index (κ3) is 7.89. The van der Waals surface area contributed by atoms with E-state index in [-0.39, 0.29) is 30.4 Å². The number of carbonyl (C=O) groups excluding carboxylic acids is 2. The van der Waals surface area contributed by atoms with Gasteiger partial charge >= 0.3 is 0 Å². The van der Waals surface area contributed by atoms with E-state index >= 15 is 0 Å². The Morgan fingerprint density at radius 1 is 1.12 bits per heavy atom. The number of nitrogens with zero attached hydrogens (tertiary/aromatic N) is 1. The molecule has 2 rings (SSSR count). The summed E-state index contributed by atoms with van der Waals surface area (Å²) in [5.74, 6) is 0.0594. The molecule has 0 unspecified atom stereocenters. The van der Waals surface area contributed by atoms with Gasteiger partial charge in [-0.25, -0.2) is 0 Å². The van der Waals surface area contributed by atoms with E-state index < -0.39 is 6.04 Å². The van der Waals surface area contributed by atoms with Crippen LogP contribution in [0.25, 0.3) is 0 Å². The summed E-state index contributed by atoms with van der Waals surface area (Å²) in [5, 5.41) is 3.84. The molecule has 0 aromatic heterocycles. The van der Waals surface area contributed by atoms with Crippen LogP contribution in [-0.4, -0.2) is 35.9 Å². The van der Waals surface area contributed by atoms with Crippen molar-refractivity contribution in [2.75, 3.05) is 13.2 Å². The first-order valence-electron chi connectivity index (χ1n) is 11.4. The summed E-state index contributed by atoms with van der Waals surface area (Å²) < 4.78 is 6.64. The molecule has 2 amide bonds. The van der Waals surface area contributed by atoms with E-state index in [4.69, 9.17) is 27.9 Å². The van der Waals surface area contributed by atoms with Gasteiger partial charge in [-0.3, -0.25) is 9.59 Å². The maximum absolute atomic E-state index is 13.4. The number of benzene rings is 2. The minimum atomic E-state index is -0.652. The second-order valence-electron chi connectivity index (χ2n) is 9.16. The summed E-state index contributed by atoms with van der Waals surface area (Å²) in [6.45, 7) is 10.8. The van der Waals surface area contributed by atoms with Crippen LogP contribution in [-0.2, 0) is 21.5 Å². The molecule has 0 bridgehead atoms. The van der Waals surface area contributed by atoms with Gasteiger partial charge in [-0.15, -0.1) is 0 Å². The van der Waals surface area contributed by atoms with Crippen molar-refractivity contribution >= 4 is 50.9 Å².